The van der Waals surface area contributed by atoms with Gasteiger partial charge in [0.15, 0.2) is 46.5 Å². The van der Waals surface area contributed by atoms with Gasteiger partial charge in [-0.2, -0.15) is 0 Å². The predicted octanol–water partition coefficient (Wildman–Crippen LogP) is 15.6. The molecule has 2 nitrogen and oxygen atoms in total. The molecule has 0 unspecified atom stereocenters. The van der Waals surface area contributed by atoms with Crippen LogP contribution < -0.4 is 9.80 Å². The molecule has 8 aromatic carbocycles. The van der Waals surface area contributed by atoms with Crippen LogP contribution in [-0.2, 0) is 0 Å². The molecule has 0 heterocycles. The lowest BCUT2D eigenvalue weighted by Gasteiger charge is -2.29. The summed E-state index contributed by atoms with van der Waals surface area (Å²) in [5.41, 5.74) is 2.63. The molecule has 0 amide bonds. The quantitative estimate of drug-likeness (QED) is 0.0811. The molecule has 0 fully saturated rings. The third-order valence-corrected chi connectivity index (χ3v) is 10.5. The summed E-state index contributed by atoms with van der Waals surface area (Å²) in [7, 11) is 0. The Morgan fingerprint density at radius 1 is 0.274 bits per heavy atom. The van der Waals surface area contributed by atoms with E-state index >= 15 is 17.6 Å². The van der Waals surface area contributed by atoms with Gasteiger partial charge in [0.25, 0.3) is 0 Å². The first-order valence-electron chi connectivity index (χ1n) is 18.9. The molecule has 12 heteroatoms. The summed E-state index contributed by atoms with van der Waals surface area (Å²) in [4.78, 5) is 1.87. The highest BCUT2D eigenvalue weighted by atomic mass is 19.2. The van der Waals surface area contributed by atoms with Gasteiger partial charge in [0.2, 0.25) is 11.6 Å². The summed E-state index contributed by atoms with van der Waals surface area (Å²) in [5.74, 6) is -21.3. The maximum atomic E-state index is 15.6. The average molecular weight is 849 g/mol. The van der Waals surface area contributed by atoms with Crippen LogP contribution in [0.2, 0.25) is 0 Å². The number of aryl methyl sites for hydroxylation is 2. The van der Waals surface area contributed by atoms with E-state index in [9.17, 15) is 26.3 Å². The highest BCUT2D eigenvalue weighted by Crippen LogP contribution is 2.45. The van der Waals surface area contributed by atoms with Gasteiger partial charge >= 0.3 is 0 Å². The fourth-order valence-electron chi connectivity index (χ4n) is 7.40. The van der Waals surface area contributed by atoms with Crippen molar-refractivity contribution in [3.05, 3.63) is 215 Å². The SMILES string of the molecule is Cc1cc(-c2ccc(N(c3ccc(-c4ccccc4)cc3)c3c(F)c(F)c(F)c(F)c3F)c(C)c2)ccc1N(c1ccc(-c2ccccc2)cc1)c1c(F)c(F)c(F)c(F)c1F. The van der Waals surface area contributed by atoms with E-state index in [1.165, 1.54) is 48.5 Å². The van der Waals surface area contributed by atoms with E-state index in [4.69, 9.17) is 0 Å². The molecule has 0 spiro atoms. The molecule has 0 aliphatic heterocycles. The molecule has 0 N–H and O–H groups in total. The number of hydrogen-bond acceptors (Lipinski definition) is 2. The number of halogens is 10. The van der Waals surface area contributed by atoms with Crippen molar-refractivity contribution in [1.82, 2.24) is 0 Å². The third kappa shape index (κ3) is 7.31. The Balaban J connectivity index is 1.22. The standard InChI is InChI=1S/C50H30F10N2/c1-27-25-33(17-23-37(27)61(49-45(57)41(53)39(51)42(54)46(49)58)35-19-13-31(14-20-35)29-9-5-3-6-10-29)34-18-24-38(28(2)26-34)62(50-47(59)43(55)40(52)44(56)48(50)60)36-21-15-32(16-22-36)30-11-7-4-8-12-30/h3-26H,1-2H3. The lowest BCUT2D eigenvalue weighted by Crippen LogP contribution is -2.18. The van der Waals surface area contributed by atoms with Crippen molar-refractivity contribution in [3.63, 3.8) is 0 Å². The van der Waals surface area contributed by atoms with Crippen LogP contribution in [0.4, 0.5) is 78.0 Å². The molecule has 0 aliphatic rings. The Labute approximate surface area is 349 Å². The van der Waals surface area contributed by atoms with Crippen LogP contribution in [-0.4, -0.2) is 0 Å². The molecule has 0 bridgehead atoms. The second kappa shape index (κ2) is 16.6. The van der Waals surface area contributed by atoms with Crippen LogP contribution >= 0.6 is 0 Å². The molecule has 310 valence electrons. The van der Waals surface area contributed by atoms with Crippen molar-refractivity contribution < 1.29 is 43.9 Å². The summed E-state index contributed by atoms with van der Waals surface area (Å²) in [6.07, 6.45) is 0. The van der Waals surface area contributed by atoms with Crippen LogP contribution in [0.3, 0.4) is 0 Å². The summed E-state index contributed by atoms with van der Waals surface area (Å²) in [6, 6.07) is 40.0. The van der Waals surface area contributed by atoms with Gasteiger partial charge in [-0.05, 0) is 107 Å². The van der Waals surface area contributed by atoms with Gasteiger partial charge in [0.05, 0.1) is 0 Å². The molecule has 0 radical (unpaired) electrons. The van der Waals surface area contributed by atoms with E-state index in [1.54, 1.807) is 50.2 Å². The topological polar surface area (TPSA) is 6.48 Å². The molecule has 0 atom stereocenters. The Morgan fingerprint density at radius 3 is 0.823 bits per heavy atom. The average Bonchev–Trinajstić information content (AvgIpc) is 3.30. The van der Waals surface area contributed by atoms with Crippen molar-refractivity contribution in [2.75, 3.05) is 9.80 Å². The van der Waals surface area contributed by atoms with E-state index in [0.29, 0.717) is 22.3 Å². The highest BCUT2D eigenvalue weighted by Gasteiger charge is 2.33. The van der Waals surface area contributed by atoms with Crippen LogP contribution in [0.1, 0.15) is 11.1 Å². The summed E-state index contributed by atoms with van der Waals surface area (Å²) < 4.78 is 150. The first-order valence-corrected chi connectivity index (χ1v) is 18.9. The largest absolute Gasteiger partial charge is 0.305 e. The van der Waals surface area contributed by atoms with Gasteiger partial charge in [0.1, 0.15) is 11.4 Å². The smallest absolute Gasteiger partial charge is 0.200 e. The minimum atomic E-state index is -2.31. The molecule has 0 saturated carbocycles. The Bertz CT molecular complexity index is 2710. The molecule has 0 aromatic heterocycles. The first kappa shape index (κ1) is 41.4. The molecular formula is C50H30F10N2. The zero-order valence-corrected chi connectivity index (χ0v) is 32.5. The summed E-state index contributed by atoms with van der Waals surface area (Å²) in [5, 5.41) is 0. The van der Waals surface area contributed by atoms with Gasteiger partial charge < -0.3 is 9.80 Å². The molecule has 0 aliphatic carbocycles. The Hall–Kier alpha value is -7.34. The Morgan fingerprint density at radius 2 is 0.532 bits per heavy atom. The van der Waals surface area contributed by atoms with E-state index in [1.807, 2.05) is 60.7 Å². The van der Waals surface area contributed by atoms with E-state index < -0.39 is 69.5 Å². The van der Waals surface area contributed by atoms with E-state index in [2.05, 4.69) is 0 Å². The minimum absolute atomic E-state index is 0.0641. The van der Waals surface area contributed by atoms with Crippen molar-refractivity contribution in [1.29, 1.82) is 0 Å². The number of benzene rings is 8. The number of rotatable bonds is 9. The fraction of sp³-hybridized carbons (Fsp3) is 0.0400. The molecule has 8 aromatic rings. The van der Waals surface area contributed by atoms with Crippen molar-refractivity contribution in [3.8, 4) is 33.4 Å². The van der Waals surface area contributed by atoms with Crippen molar-refractivity contribution in [2.24, 2.45) is 0 Å². The van der Waals surface area contributed by atoms with E-state index in [0.717, 1.165) is 32.1 Å². The second-order valence-electron chi connectivity index (χ2n) is 14.3. The van der Waals surface area contributed by atoms with E-state index in [-0.39, 0.29) is 22.7 Å². The minimum Gasteiger partial charge on any atom is -0.305 e. The van der Waals surface area contributed by atoms with Gasteiger partial charge in [-0.1, -0.05) is 97.1 Å². The van der Waals surface area contributed by atoms with Crippen LogP contribution in [0.5, 0.6) is 0 Å². The van der Waals surface area contributed by atoms with Crippen LogP contribution in [0, 0.1) is 72.0 Å². The summed E-state index contributed by atoms with van der Waals surface area (Å²) >= 11 is 0. The lowest BCUT2D eigenvalue weighted by molar-refractivity contribution is 0.380. The van der Waals surface area contributed by atoms with Crippen LogP contribution in [0.25, 0.3) is 33.4 Å². The first-order chi connectivity index (χ1) is 29.8. The summed E-state index contributed by atoms with van der Waals surface area (Å²) in [6.45, 7) is 3.14. The van der Waals surface area contributed by atoms with Gasteiger partial charge in [-0.15, -0.1) is 0 Å². The second-order valence-corrected chi connectivity index (χ2v) is 14.3. The molecule has 8 rings (SSSR count). The molecular weight excluding hydrogens is 819 g/mol. The Kier molecular flexibility index (Phi) is 11.1. The maximum Gasteiger partial charge on any atom is 0.200 e. The van der Waals surface area contributed by atoms with Crippen molar-refractivity contribution in [2.45, 2.75) is 13.8 Å². The lowest BCUT2D eigenvalue weighted by atomic mass is 9.98. The number of anilines is 6. The third-order valence-electron chi connectivity index (χ3n) is 10.5. The fourth-order valence-corrected chi connectivity index (χ4v) is 7.40. The zero-order chi connectivity index (χ0) is 44.0. The number of nitrogens with zero attached hydrogens (tertiary/aromatic N) is 2. The molecule has 0 saturated heterocycles. The van der Waals surface area contributed by atoms with Gasteiger partial charge in [-0.3, -0.25) is 0 Å². The zero-order valence-electron chi connectivity index (χ0n) is 32.5. The van der Waals surface area contributed by atoms with Gasteiger partial charge in [0, 0.05) is 22.7 Å². The van der Waals surface area contributed by atoms with Gasteiger partial charge in [-0.25, -0.2) is 43.9 Å². The normalized spacial score (nSPS) is 11.2. The predicted molar refractivity (Wildman–Crippen MR) is 221 cm³/mol. The monoisotopic (exact) mass is 848 g/mol. The molecule has 62 heavy (non-hydrogen) atoms. The number of hydrogen-bond donors (Lipinski definition) is 0. The highest BCUT2D eigenvalue weighted by molar-refractivity contribution is 5.85. The van der Waals surface area contributed by atoms with Crippen LogP contribution in [0.15, 0.2) is 146 Å². The van der Waals surface area contributed by atoms with Crippen molar-refractivity contribution >= 4 is 34.1 Å². The maximum absolute atomic E-state index is 15.6.